The number of likely N-dealkylation sites (N-methyl/N-ethyl adjacent to an activating group) is 1. The monoisotopic (exact) mass is 444 g/mol. The zero-order valence-electron chi connectivity index (χ0n) is 19.3. The molecule has 1 aliphatic rings. The fraction of sp³-hybridized carbons (Fsp3) is 0.560. The van der Waals surface area contributed by atoms with Crippen molar-refractivity contribution in [1.29, 1.82) is 0 Å². The van der Waals surface area contributed by atoms with Gasteiger partial charge in [0.05, 0.1) is 18.7 Å². The molecule has 1 aromatic heterocycles. The van der Waals surface area contributed by atoms with E-state index in [2.05, 4.69) is 44.4 Å². The molecular formula is C25H36N2O3S. The largest absolute Gasteiger partial charge is 0.491 e. The fourth-order valence-corrected chi connectivity index (χ4v) is 5.24. The second kappa shape index (κ2) is 11.1. The summed E-state index contributed by atoms with van der Waals surface area (Å²) in [6.45, 7) is 11.0. The predicted molar refractivity (Wildman–Crippen MR) is 127 cm³/mol. The van der Waals surface area contributed by atoms with Crippen molar-refractivity contribution in [2.45, 2.75) is 59.1 Å². The number of aliphatic hydroxyl groups is 1. The molecule has 3 rings (SSSR count). The quantitative estimate of drug-likeness (QED) is 0.592. The van der Waals surface area contributed by atoms with E-state index in [9.17, 15) is 9.90 Å². The molecule has 170 valence electrons. The standard InChI is InChI=1S/C25H36N2O3S/c1-5-7-20(28)15-26(6-2)16-25(29)27-12-10-24-21(11-13-31-24)22(27)17-30-23-9-8-18(3)14-19(23)4/h8-9,11,13-14,20,22,28H,5-7,10,12,15-17H2,1-4H3/t20-,22+/m0/s1. The first-order chi connectivity index (χ1) is 14.9. The van der Waals surface area contributed by atoms with E-state index in [4.69, 9.17) is 4.74 Å². The minimum absolute atomic E-state index is 0.0810. The summed E-state index contributed by atoms with van der Waals surface area (Å²) < 4.78 is 6.22. The van der Waals surface area contributed by atoms with Gasteiger partial charge in [0.2, 0.25) is 5.91 Å². The van der Waals surface area contributed by atoms with Crippen LogP contribution in [-0.2, 0) is 11.2 Å². The summed E-state index contributed by atoms with van der Waals surface area (Å²) >= 11 is 1.76. The first-order valence-electron chi connectivity index (χ1n) is 11.4. The molecule has 0 aliphatic carbocycles. The van der Waals surface area contributed by atoms with Crippen molar-refractivity contribution in [1.82, 2.24) is 9.80 Å². The molecule has 6 heteroatoms. The van der Waals surface area contributed by atoms with E-state index in [1.807, 2.05) is 22.8 Å². The number of aliphatic hydroxyl groups excluding tert-OH is 1. The highest BCUT2D eigenvalue weighted by Crippen LogP contribution is 2.34. The molecule has 2 aromatic rings. The Labute approximate surface area is 190 Å². The number of fused-ring (bicyclic) bond motifs is 1. The number of hydrogen-bond donors (Lipinski definition) is 1. The average molecular weight is 445 g/mol. The van der Waals surface area contributed by atoms with Gasteiger partial charge >= 0.3 is 0 Å². The fourth-order valence-electron chi connectivity index (χ4n) is 4.31. The molecule has 5 nitrogen and oxygen atoms in total. The Hall–Kier alpha value is -1.89. The first kappa shape index (κ1) is 23.8. The lowest BCUT2D eigenvalue weighted by molar-refractivity contribution is -0.136. The van der Waals surface area contributed by atoms with Gasteiger partial charge in [-0.15, -0.1) is 11.3 Å². The third kappa shape index (κ3) is 6.09. The molecule has 2 heterocycles. The Morgan fingerprint density at radius 2 is 2.13 bits per heavy atom. The second-order valence-corrected chi connectivity index (χ2v) is 9.50. The first-order valence-corrected chi connectivity index (χ1v) is 12.3. The zero-order chi connectivity index (χ0) is 22.4. The molecule has 1 N–H and O–H groups in total. The Bertz CT molecular complexity index is 866. The molecule has 0 saturated carbocycles. The average Bonchev–Trinajstić information content (AvgIpc) is 3.21. The summed E-state index contributed by atoms with van der Waals surface area (Å²) in [4.78, 5) is 18.7. The summed E-state index contributed by atoms with van der Waals surface area (Å²) in [5.41, 5.74) is 3.54. The summed E-state index contributed by atoms with van der Waals surface area (Å²) in [5.74, 6) is 0.981. The number of carbonyl (C=O) groups is 1. The molecular weight excluding hydrogens is 408 g/mol. The van der Waals surface area contributed by atoms with Crippen LogP contribution in [0.3, 0.4) is 0 Å². The predicted octanol–water partition coefficient (Wildman–Crippen LogP) is 4.35. The van der Waals surface area contributed by atoms with E-state index in [1.165, 1.54) is 16.0 Å². The number of rotatable bonds is 10. The van der Waals surface area contributed by atoms with Gasteiger partial charge in [0.25, 0.3) is 0 Å². The van der Waals surface area contributed by atoms with E-state index < -0.39 is 0 Å². The molecule has 1 amide bonds. The summed E-state index contributed by atoms with van der Waals surface area (Å²) in [6, 6.07) is 8.25. The summed E-state index contributed by atoms with van der Waals surface area (Å²) in [7, 11) is 0. The van der Waals surface area contributed by atoms with Crippen molar-refractivity contribution in [2.75, 3.05) is 32.8 Å². The van der Waals surface area contributed by atoms with Crippen molar-refractivity contribution < 1.29 is 14.6 Å². The maximum absolute atomic E-state index is 13.3. The van der Waals surface area contributed by atoms with Gasteiger partial charge in [-0.3, -0.25) is 9.69 Å². The minimum atomic E-state index is -0.383. The van der Waals surface area contributed by atoms with E-state index in [0.717, 1.165) is 37.1 Å². The lowest BCUT2D eigenvalue weighted by Gasteiger charge is -2.37. The van der Waals surface area contributed by atoms with Gasteiger partial charge in [0, 0.05) is 18.0 Å². The molecule has 2 atom stereocenters. The maximum atomic E-state index is 13.3. The number of hydrogen-bond acceptors (Lipinski definition) is 5. The number of thiophene rings is 1. The number of carbonyl (C=O) groups excluding carboxylic acids is 1. The van der Waals surface area contributed by atoms with Gasteiger partial charge in [-0.2, -0.15) is 0 Å². The van der Waals surface area contributed by atoms with E-state index in [-0.39, 0.29) is 18.1 Å². The van der Waals surface area contributed by atoms with Gasteiger partial charge < -0.3 is 14.7 Å². The van der Waals surface area contributed by atoms with Gasteiger partial charge in [0.15, 0.2) is 0 Å². The number of nitrogens with zero attached hydrogens (tertiary/aromatic N) is 2. The van der Waals surface area contributed by atoms with Gasteiger partial charge in [-0.1, -0.05) is 38.0 Å². The Morgan fingerprint density at radius 1 is 1.32 bits per heavy atom. The second-order valence-electron chi connectivity index (χ2n) is 8.50. The highest BCUT2D eigenvalue weighted by molar-refractivity contribution is 7.10. The van der Waals surface area contributed by atoms with Gasteiger partial charge in [-0.05, 0) is 61.9 Å². The molecule has 1 aromatic carbocycles. The topological polar surface area (TPSA) is 53.0 Å². The highest BCUT2D eigenvalue weighted by Gasteiger charge is 2.33. The van der Waals surface area contributed by atoms with Crippen LogP contribution in [-0.4, -0.2) is 59.7 Å². The Balaban J connectivity index is 1.72. The van der Waals surface area contributed by atoms with Crippen molar-refractivity contribution in [2.24, 2.45) is 0 Å². The third-order valence-electron chi connectivity index (χ3n) is 6.04. The third-order valence-corrected chi connectivity index (χ3v) is 7.04. The van der Waals surface area contributed by atoms with E-state index in [0.29, 0.717) is 26.2 Å². The van der Waals surface area contributed by atoms with E-state index >= 15 is 0 Å². The SMILES string of the molecule is CCC[C@H](O)CN(CC)CC(=O)N1CCc2sccc2[C@H]1COc1ccc(C)cc1C. The highest BCUT2D eigenvalue weighted by atomic mass is 32.1. The molecule has 0 radical (unpaired) electrons. The van der Waals surface area contributed by atoms with Crippen LogP contribution in [0.1, 0.15) is 54.3 Å². The number of amides is 1. The van der Waals surface area contributed by atoms with Crippen LogP contribution >= 0.6 is 11.3 Å². The van der Waals surface area contributed by atoms with Crippen molar-refractivity contribution >= 4 is 17.2 Å². The number of aryl methyl sites for hydroxylation is 2. The van der Waals surface area contributed by atoms with Crippen LogP contribution in [0.2, 0.25) is 0 Å². The Morgan fingerprint density at radius 3 is 2.84 bits per heavy atom. The molecule has 0 spiro atoms. The molecule has 31 heavy (non-hydrogen) atoms. The normalized spacial score (nSPS) is 17.0. The van der Waals surface area contributed by atoms with Crippen LogP contribution < -0.4 is 4.74 Å². The smallest absolute Gasteiger partial charge is 0.237 e. The van der Waals surface area contributed by atoms with Gasteiger partial charge in [0.1, 0.15) is 12.4 Å². The lowest BCUT2D eigenvalue weighted by atomic mass is 10.00. The molecule has 1 aliphatic heterocycles. The summed E-state index contributed by atoms with van der Waals surface area (Å²) in [5, 5.41) is 12.3. The van der Waals surface area contributed by atoms with Crippen LogP contribution in [0.25, 0.3) is 0 Å². The number of ether oxygens (including phenoxy) is 1. The minimum Gasteiger partial charge on any atom is -0.491 e. The van der Waals surface area contributed by atoms with Crippen LogP contribution in [0.4, 0.5) is 0 Å². The lowest BCUT2D eigenvalue weighted by Crippen LogP contribution is -2.47. The molecule has 0 saturated heterocycles. The van der Waals surface area contributed by atoms with Crippen LogP contribution in [0.5, 0.6) is 5.75 Å². The molecule has 0 bridgehead atoms. The van der Waals surface area contributed by atoms with Crippen LogP contribution in [0.15, 0.2) is 29.6 Å². The molecule has 0 unspecified atom stereocenters. The van der Waals surface area contributed by atoms with Crippen LogP contribution in [0, 0.1) is 13.8 Å². The Kier molecular flexibility index (Phi) is 8.52. The summed E-state index contributed by atoms with van der Waals surface area (Å²) in [6.07, 6.45) is 2.21. The van der Waals surface area contributed by atoms with Crippen molar-refractivity contribution in [3.05, 3.63) is 51.2 Å². The molecule has 0 fully saturated rings. The maximum Gasteiger partial charge on any atom is 0.237 e. The van der Waals surface area contributed by atoms with E-state index in [1.54, 1.807) is 11.3 Å². The number of benzene rings is 1. The zero-order valence-corrected chi connectivity index (χ0v) is 20.1. The van der Waals surface area contributed by atoms with Crippen molar-refractivity contribution in [3.8, 4) is 5.75 Å². The van der Waals surface area contributed by atoms with Crippen molar-refractivity contribution in [3.63, 3.8) is 0 Å². The van der Waals surface area contributed by atoms with Gasteiger partial charge in [-0.25, -0.2) is 0 Å².